The zero-order valence-corrected chi connectivity index (χ0v) is 14.3. The van der Waals surface area contributed by atoms with E-state index in [1.54, 1.807) is 12.5 Å². The van der Waals surface area contributed by atoms with E-state index in [-0.39, 0.29) is 0 Å². The highest BCUT2D eigenvalue weighted by atomic mass is 79.9. The molecule has 0 atom stereocenters. The molecule has 0 amide bonds. The van der Waals surface area contributed by atoms with E-state index in [9.17, 15) is 0 Å². The molecule has 2 aromatic carbocycles. The van der Waals surface area contributed by atoms with Gasteiger partial charge in [0.25, 0.3) is 0 Å². The fourth-order valence-corrected chi connectivity index (χ4v) is 2.71. The van der Waals surface area contributed by atoms with Crippen molar-refractivity contribution in [3.8, 4) is 5.69 Å². The summed E-state index contributed by atoms with van der Waals surface area (Å²) in [6.45, 7) is 0.777. The first-order valence-corrected chi connectivity index (χ1v) is 8.07. The van der Waals surface area contributed by atoms with Crippen LogP contribution in [0.2, 0.25) is 0 Å². The summed E-state index contributed by atoms with van der Waals surface area (Å²) in [4.78, 5) is 4.07. The van der Waals surface area contributed by atoms with E-state index in [2.05, 4.69) is 72.5 Å². The molecule has 0 aliphatic heterocycles. The van der Waals surface area contributed by atoms with Gasteiger partial charge >= 0.3 is 0 Å². The average Bonchev–Trinajstić information content (AvgIpc) is 3.03. The summed E-state index contributed by atoms with van der Waals surface area (Å²) < 4.78 is 4.11. The third-order valence-electron chi connectivity index (χ3n) is 3.13. The standard InChI is InChI=1S/C16H13Br2N3/c17-15-5-4-12(8-16(15)18)10-20-13-2-1-3-14(9-13)21-7-6-19-11-21/h1-9,11,20H,10H2. The second-order valence-electron chi connectivity index (χ2n) is 4.62. The fraction of sp³-hybridized carbons (Fsp3) is 0.0625. The van der Waals surface area contributed by atoms with Gasteiger partial charge in [-0.05, 0) is 67.8 Å². The lowest BCUT2D eigenvalue weighted by Crippen LogP contribution is -2.00. The topological polar surface area (TPSA) is 29.9 Å². The van der Waals surface area contributed by atoms with Crippen molar-refractivity contribution in [3.05, 3.63) is 75.7 Å². The number of nitrogens with zero attached hydrogens (tertiary/aromatic N) is 2. The molecular weight excluding hydrogens is 394 g/mol. The first-order chi connectivity index (χ1) is 10.2. The van der Waals surface area contributed by atoms with Crippen molar-refractivity contribution < 1.29 is 0 Å². The molecule has 0 aliphatic rings. The molecule has 1 N–H and O–H groups in total. The maximum atomic E-state index is 4.07. The fourth-order valence-electron chi connectivity index (χ4n) is 2.04. The van der Waals surface area contributed by atoms with Crippen LogP contribution in [0.5, 0.6) is 0 Å². The summed E-state index contributed by atoms with van der Waals surface area (Å²) in [6.07, 6.45) is 5.51. The van der Waals surface area contributed by atoms with Gasteiger partial charge < -0.3 is 9.88 Å². The van der Waals surface area contributed by atoms with E-state index >= 15 is 0 Å². The minimum Gasteiger partial charge on any atom is -0.381 e. The maximum absolute atomic E-state index is 4.07. The van der Waals surface area contributed by atoms with Gasteiger partial charge in [0.05, 0.1) is 6.33 Å². The third kappa shape index (κ3) is 3.54. The lowest BCUT2D eigenvalue weighted by Gasteiger charge is -2.09. The third-order valence-corrected chi connectivity index (χ3v) is 5.01. The molecule has 0 aliphatic carbocycles. The number of rotatable bonds is 4. The Morgan fingerprint density at radius 1 is 1.05 bits per heavy atom. The Hall–Kier alpha value is -1.59. The molecule has 3 aromatic rings. The van der Waals surface area contributed by atoms with Crippen LogP contribution >= 0.6 is 31.9 Å². The average molecular weight is 407 g/mol. The van der Waals surface area contributed by atoms with E-state index in [0.717, 1.165) is 26.9 Å². The van der Waals surface area contributed by atoms with Crippen molar-refractivity contribution in [1.82, 2.24) is 9.55 Å². The first-order valence-electron chi connectivity index (χ1n) is 6.48. The van der Waals surface area contributed by atoms with Crippen LogP contribution in [0.3, 0.4) is 0 Å². The normalized spacial score (nSPS) is 10.6. The van der Waals surface area contributed by atoms with Crippen molar-refractivity contribution in [3.63, 3.8) is 0 Å². The summed E-state index contributed by atoms with van der Waals surface area (Å²) in [7, 11) is 0. The Bertz CT molecular complexity index is 739. The van der Waals surface area contributed by atoms with Crippen LogP contribution in [-0.2, 0) is 6.54 Å². The zero-order chi connectivity index (χ0) is 14.7. The van der Waals surface area contributed by atoms with Crippen LogP contribution in [0.4, 0.5) is 5.69 Å². The van der Waals surface area contributed by atoms with Crippen molar-refractivity contribution >= 4 is 37.5 Å². The monoisotopic (exact) mass is 405 g/mol. The highest BCUT2D eigenvalue weighted by Crippen LogP contribution is 2.24. The number of hydrogen-bond donors (Lipinski definition) is 1. The van der Waals surface area contributed by atoms with Crippen LogP contribution in [0.1, 0.15) is 5.56 Å². The predicted molar refractivity (Wildman–Crippen MR) is 92.7 cm³/mol. The summed E-state index contributed by atoms with van der Waals surface area (Å²) in [5.41, 5.74) is 3.40. The molecule has 3 nitrogen and oxygen atoms in total. The van der Waals surface area contributed by atoms with Gasteiger partial charge in [-0.25, -0.2) is 4.98 Å². The van der Waals surface area contributed by atoms with Crippen LogP contribution in [0, 0.1) is 0 Å². The Labute approximate surface area is 140 Å². The number of anilines is 1. The van der Waals surface area contributed by atoms with Gasteiger partial charge in [-0.2, -0.15) is 0 Å². The van der Waals surface area contributed by atoms with Gasteiger partial charge in [0, 0.05) is 39.3 Å². The number of hydrogen-bond acceptors (Lipinski definition) is 2. The molecule has 0 spiro atoms. The van der Waals surface area contributed by atoms with Crippen LogP contribution in [0.25, 0.3) is 5.69 Å². The molecule has 0 radical (unpaired) electrons. The van der Waals surface area contributed by atoms with Gasteiger partial charge in [0.15, 0.2) is 0 Å². The predicted octanol–water partition coefficient (Wildman–Crippen LogP) is 5.01. The van der Waals surface area contributed by atoms with Crippen LogP contribution in [0.15, 0.2) is 70.1 Å². The van der Waals surface area contributed by atoms with E-state index in [1.165, 1.54) is 5.56 Å². The number of nitrogens with one attached hydrogen (secondary N) is 1. The number of benzene rings is 2. The van der Waals surface area contributed by atoms with Crippen LogP contribution < -0.4 is 5.32 Å². The number of aromatic nitrogens is 2. The molecule has 0 fully saturated rings. The van der Waals surface area contributed by atoms with Crippen molar-refractivity contribution in [2.24, 2.45) is 0 Å². The molecule has 3 rings (SSSR count). The second-order valence-corrected chi connectivity index (χ2v) is 6.33. The SMILES string of the molecule is Brc1ccc(CNc2cccc(-n3ccnc3)c2)cc1Br. The van der Waals surface area contributed by atoms with Crippen LogP contribution in [-0.4, -0.2) is 9.55 Å². The molecule has 5 heteroatoms. The van der Waals surface area contributed by atoms with Crippen molar-refractivity contribution in [2.75, 3.05) is 5.32 Å². The van der Waals surface area contributed by atoms with Gasteiger partial charge in [0.1, 0.15) is 0 Å². The summed E-state index contributed by atoms with van der Waals surface area (Å²) in [5.74, 6) is 0. The minimum absolute atomic E-state index is 0.777. The molecule has 1 aromatic heterocycles. The van der Waals surface area contributed by atoms with Crippen molar-refractivity contribution in [1.29, 1.82) is 0 Å². The largest absolute Gasteiger partial charge is 0.381 e. The van der Waals surface area contributed by atoms with Gasteiger partial charge in [0.2, 0.25) is 0 Å². The smallest absolute Gasteiger partial charge is 0.0991 e. The Morgan fingerprint density at radius 2 is 1.95 bits per heavy atom. The lowest BCUT2D eigenvalue weighted by molar-refractivity contribution is 1.05. The summed E-state index contributed by atoms with van der Waals surface area (Å²) in [6, 6.07) is 14.5. The first kappa shape index (κ1) is 14.4. The minimum atomic E-state index is 0.777. The Balaban J connectivity index is 1.73. The van der Waals surface area contributed by atoms with E-state index in [0.29, 0.717) is 0 Å². The summed E-state index contributed by atoms with van der Waals surface area (Å²) in [5, 5.41) is 3.44. The number of imidazole rings is 1. The molecule has 0 saturated carbocycles. The van der Waals surface area contributed by atoms with Gasteiger partial charge in [-0.15, -0.1) is 0 Å². The molecule has 0 unspecified atom stereocenters. The summed E-state index contributed by atoms with van der Waals surface area (Å²) >= 11 is 7.01. The molecule has 1 heterocycles. The Kier molecular flexibility index (Phi) is 4.41. The second kappa shape index (κ2) is 6.45. The van der Waals surface area contributed by atoms with Crippen molar-refractivity contribution in [2.45, 2.75) is 6.54 Å². The van der Waals surface area contributed by atoms with E-state index in [4.69, 9.17) is 0 Å². The van der Waals surface area contributed by atoms with Gasteiger partial charge in [-0.1, -0.05) is 12.1 Å². The molecule has 21 heavy (non-hydrogen) atoms. The Morgan fingerprint density at radius 3 is 2.71 bits per heavy atom. The lowest BCUT2D eigenvalue weighted by atomic mass is 10.2. The zero-order valence-electron chi connectivity index (χ0n) is 11.1. The molecule has 0 saturated heterocycles. The number of halogens is 2. The molecule has 106 valence electrons. The molecular formula is C16H13Br2N3. The van der Waals surface area contributed by atoms with E-state index in [1.807, 2.05) is 22.9 Å². The quantitative estimate of drug-likeness (QED) is 0.659. The van der Waals surface area contributed by atoms with Gasteiger partial charge in [-0.3, -0.25) is 0 Å². The highest BCUT2D eigenvalue weighted by Gasteiger charge is 2.01. The maximum Gasteiger partial charge on any atom is 0.0991 e. The highest BCUT2D eigenvalue weighted by molar-refractivity contribution is 9.13. The van der Waals surface area contributed by atoms with E-state index < -0.39 is 0 Å². The molecule has 0 bridgehead atoms.